The van der Waals surface area contributed by atoms with E-state index in [-0.39, 0.29) is 17.9 Å². The molecule has 1 aromatic heterocycles. The third kappa shape index (κ3) is 6.19. The Morgan fingerprint density at radius 1 is 1.00 bits per heavy atom. The molecule has 0 aliphatic carbocycles. The second-order valence-electron chi connectivity index (χ2n) is 6.83. The van der Waals surface area contributed by atoms with Crippen LogP contribution in [-0.2, 0) is 6.42 Å². The molecule has 2 N–H and O–H groups in total. The van der Waals surface area contributed by atoms with Gasteiger partial charge in [0.15, 0.2) is 0 Å². The summed E-state index contributed by atoms with van der Waals surface area (Å²) in [5, 5.41) is 7.59. The predicted molar refractivity (Wildman–Crippen MR) is 117 cm³/mol. The Kier molecular flexibility index (Phi) is 7.03. The Labute approximate surface area is 174 Å². The fraction of sp³-hybridized carbons (Fsp3) is 0.217. The van der Waals surface area contributed by atoms with Crippen molar-refractivity contribution in [3.63, 3.8) is 0 Å². The number of carbonyl (C=O) groups excluding carboxylic acids is 2. The maximum Gasteiger partial charge on any atom is 0.265 e. The molecule has 3 aromatic rings. The molecular formula is C23H24N2O3S. The van der Waals surface area contributed by atoms with E-state index in [1.807, 2.05) is 49.6 Å². The summed E-state index contributed by atoms with van der Waals surface area (Å²) in [5.74, 6) is 0.494. The van der Waals surface area contributed by atoms with Crippen LogP contribution in [0.2, 0.25) is 0 Å². The second-order valence-corrected chi connectivity index (χ2v) is 7.78. The molecule has 3 rings (SSSR count). The molecular weight excluding hydrogens is 384 g/mol. The van der Waals surface area contributed by atoms with Crippen molar-refractivity contribution in [2.75, 3.05) is 11.9 Å². The van der Waals surface area contributed by atoms with E-state index in [0.717, 1.165) is 17.7 Å². The number of benzene rings is 2. The molecule has 0 unspecified atom stereocenters. The van der Waals surface area contributed by atoms with Gasteiger partial charge in [0.2, 0.25) is 0 Å². The molecule has 0 atom stereocenters. The van der Waals surface area contributed by atoms with Crippen molar-refractivity contribution in [2.24, 2.45) is 0 Å². The van der Waals surface area contributed by atoms with Crippen molar-refractivity contribution >= 4 is 28.8 Å². The highest BCUT2D eigenvalue weighted by Gasteiger charge is 2.10. The number of carbonyl (C=O) groups is 2. The van der Waals surface area contributed by atoms with Gasteiger partial charge in [-0.05, 0) is 67.6 Å². The molecule has 2 amide bonds. The zero-order valence-corrected chi connectivity index (χ0v) is 17.3. The van der Waals surface area contributed by atoms with Crippen molar-refractivity contribution in [1.82, 2.24) is 5.32 Å². The van der Waals surface area contributed by atoms with Crippen molar-refractivity contribution in [3.8, 4) is 5.75 Å². The van der Waals surface area contributed by atoms with Gasteiger partial charge in [0.05, 0.1) is 11.0 Å². The molecule has 0 fully saturated rings. The zero-order chi connectivity index (χ0) is 20.6. The van der Waals surface area contributed by atoms with Gasteiger partial charge < -0.3 is 15.4 Å². The molecule has 0 bridgehead atoms. The lowest BCUT2D eigenvalue weighted by atomic mass is 10.1. The minimum absolute atomic E-state index is 0.144. The first kappa shape index (κ1) is 20.6. The Morgan fingerprint density at radius 2 is 1.79 bits per heavy atom. The Morgan fingerprint density at radius 3 is 2.48 bits per heavy atom. The van der Waals surface area contributed by atoms with E-state index in [0.29, 0.717) is 22.7 Å². The van der Waals surface area contributed by atoms with Crippen LogP contribution >= 0.6 is 11.3 Å². The lowest BCUT2D eigenvalue weighted by Crippen LogP contribution is -2.25. The van der Waals surface area contributed by atoms with Gasteiger partial charge >= 0.3 is 0 Å². The molecule has 6 heteroatoms. The highest BCUT2D eigenvalue weighted by Crippen LogP contribution is 2.16. The number of hydrogen-bond acceptors (Lipinski definition) is 4. The van der Waals surface area contributed by atoms with Gasteiger partial charge in [-0.2, -0.15) is 0 Å². The lowest BCUT2D eigenvalue weighted by molar-refractivity contribution is 0.0952. The standard InChI is InChI=1S/C23H24N2O3S/c1-16(2)28-20-10-8-17(9-11-20)12-13-24-22(26)18-5-3-6-19(15-18)25-23(27)21-7-4-14-29-21/h3-11,14-16H,12-13H2,1-2H3,(H,24,26)(H,25,27). The molecule has 29 heavy (non-hydrogen) atoms. The van der Waals surface area contributed by atoms with Crippen molar-refractivity contribution < 1.29 is 14.3 Å². The Balaban J connectivity index is 1.51. The van der Waals surface area contributed by atoms with E-state index >= 15 is 0 Å². The number of hydrogen-bond donors (Lipinski definition) is 2. The smallest absolute Gasteiger partial charge is 0.265 e. The first-order valence-corrected chi connectivity index (χ1v) is 10.4. The van der Waals surface area contributed by atoms with E-state index in [2.05, 4.69) is 10.6 Å². The van der Waals surface area contributed by atoms with Gasteiger partial charge in [-0.3, -0.25) is 9.59 Å². The molecule has 1 heterocycles. The number of amides is 2. The van der Waals surface area contributed by atoms with Gasteiger partial charge in [0.25, 0.3) is 11.8 Å². The summed E-state index contributed by atoms with van der Waals surface area (Å²) in [6.45, 7) is 4.51. The lowest BCUT2D eigenvalue weighted by Gasteiger charge is -2.10. The van der Waals surface area contributed by atoms with Crippen molar-refractivity contribution in [3.05, 3.63) is 82.0 Å². The maximum atomic E-state index is 12.4. The Bertz CT molecular complexity index is 951. The van der Waals surface area contributed by atoms with E-state index in [9.17, 15) is 9.59 Å². The third-order valence-electron chi connectivity index (χ3n) is 4.12. The molecule has 0 saturated heterocycles. The topological polar surface area (TPSA) is 67.4 Å². The summed E-state index contributed by atoms with van der Waals surface area (Å²) in [6, 6.07) is 18.4. The number of nitrogens with one attached hydrogen (secondary N) is 2. The van der Waals surface area contributed by atoms with E-state index in [1.54, 1.807) is 30.3 Å². The minimum atomic E-state index is -0.178. The van der Waals surface area contributed by atoms with Crippen LogP contribution in [0.1, 0.15) is 39.4 Å². The van der Waals surface area contributed by atoms with Crippen molar-refractivity contribution in [2.45, 2.75) is 26.4 Å². The summed E-state index contributed by atoms with van der Waals surface area (Å²) in [7, 11) is 0. The number of anilines is 1. The normalized spacial score (nSPS) is 10.6. The molecule has 5 nitrogen and oxygen atoms in total. The summed E-state index contributed by atoms with van der Waals surface area (Å²) in [5.41, 5.74) is 2.23. The van der Waals surface area contributed by atoms with E-state index in [1.165, 1.54) is 11.3 Å². The van der Waals surface area contributed by atoms with Crippen molar-refractivity contribution in [1.29, 1.82) is 0 Å². The van der Waals surface area contributed by atoms with Crippen LogP contribution in [0.15, 0.2) is 66.0 Å². The second kappa shape index (κ2) is 9.89. The molecule has 150 valence electrons. The van der Waals surface area contributed by atoms with Gasteiger partial charge in [-0.15, -0.1) is 11.3 Å². The Hall–Kier alpha value is -3.12. The molecule has 2 aromatic carbocycles. The number of ether oxygens (including phenoxy) is 1. The maximum absolute atomic E-state index is 12.4. The fourth-order valence-electron chi connectivity index (χ4n) is 2.77. The van der Waals surface area contributed by atoms with E-state index < -0.39 is 0 Å². The predicted octanol–water partition coefficient (Wildman–Crippen LogP) is 4.76. The van der Waals surface area contributed by atoms with Gasteiger partial charge in [-0.25, -0.2) is 0 Å². The quantitative estimate of drug-likeness (QED) is 0.565. The first-order chi connectivity index (χ1) is 14.0. The van der Waals surface area contributed by atoms with Crippen LogP contribution in [0, 0.1) is 0 Å². The fourth-order valence-corrected chi connectivity index (χ4v) is 3.39. The summed E-state index contributed by atoms with van der Waals surface area (Å²) in [6.07, 6.45) is 0.869. The molecule has 0 aliphatic heterocycles. The highest BCUT2D eigenvalue weighted by atomic mass is 32.1. The monoisotopic (exact) mass is 408 g/mol. The van der Waals surface area contributed by atoms with Crippen LogP contribution in [0.3, 0.4) is 0 Å². The van der Waals surface area contributed by atoms with Gasteiger partial charge in [0, 0.05) is 17.8 Å². The third-order valence-corrected chi connectivity index (χ3v) is 4.99. The summed E-state index contributed by atoms with van der Waals surface area (Å²) < 4.78 is 5.63. The number of thiophene rings is 1. The van der Waals surface area contributed by atoms with Crippen LogP contribution in [0.4, 0.5) is 5.69 Å². The molecule has 0 saturated carbocycles. The highest BCUT2D eigenvalue weighted by molar-refractivity contribution is 7.12. The number of rotatable bonds is 8. The summed E-state index contributed by atoms with van der Waals surface area (Å²) in [4.78, 5) is 25.2. The SMILES string of the molecule is CC(C)Oc1ccc(CCNC(=O)c2cccc(NC(=O)c3cccs3)c2)cc1. The molecule has 0 radical (unpaired) electrons. The molecule has 0 spiro atoms. The largest absolute Gasteiger partial charge is 0.491 e. The van der Waals surface area contributed by atoms with Crippen LogP contribution in [0.25, 0.3) is 0 Å². The first-order valence-electron chi connectivity index (χ1n) is 9.50. The summed E-state index contributed by atoms with van der Waals surface area (Å²) >= 11 is 1.37. The van der Waals surface area contributed by atoms with E-state index in [4.69, 9.17) is 4.74 Å². The van der Waals surface area contributed by atoms with Gasteiger partial charge in [0.1, 0.15) is 5.75 Å². The average Bonchev–Trinajstić information content (AvgIpc) is 3.24. The molecule has 0 aliphatic rings. The van der Waals surface area contributed by atoms with Crippen LogP contribution < -0.4 is 15.4 Å². The zero-order valence-electron chi connectivity index (χ0n) is 16.5. The van der Waals surface area contributed by atoms with Crippen LogP contribution in [0.5, 0.6) is 5.75 Å². The minimum Gasteiger partial charge on any atom is -0.491 e. The van der Waals surface area contributed by atoms with Crippen LogP contribution in [-0.4, -0.2) is 24.5 Å². The average molecular weight is 409 g/mol. The van der Waals surface area contributed by atoms with Gasteiger partial charge in [-0.1, -0.05) is 24.3 Å².